The van der Waals surface area contributed by atoms with E-state index in [4.69, 9.17) is 9.47 Å². The van der Waals surface area contributed by atoms with E-state index in [0.717, 1.165) is 0 Å². The molecule has 17 heteroatoms. The van der Waals surface area contributed by atoms with Crippen LogP contribution in [0.15, 0.2) is 48.5 Å². The molecule has 0 bridgehead atoms. The lowest BCUT2D eigenvalue weighted by atomic mass is 10.0. The second-order valence-electron chi connectivity index (χ2n) is 11.3. The Hall–Kier alpha value is -4.93. The highest BCUT2D eigenvalue weighted by Crippen LogP contribution is 2.27. The van der Waals surface area contributed by atoms with Gasteiger partial charge in [-0.2, -0.15) is 12.6 Å². The van der Waals surface area contributed by atoms with Crippen molar-refractivity contribution >= 4 is 48.0 Å². The van der Waals surface area contributed by atoms with Crippen molar-refractivity contribution in [2.75, 3.05) is 26.2 Å². The summed E-state index contributed by atoms with van der Waals surface area (Å²) in [6, 6.07) is 9.40. The molecule has 3 heterocycles. The molecular weight excluding hydrogens is 624 g/mol. The number of carbonyl (C=O) groups excluding carboxylic acids is 4. The lowest BCUT2D eigenvalue weighted by Gasteiger charge is -2.42. The zero-order chi connectivity index (χ0) is 33.0. The maximum absolute atomic E-state index is 13.3. The summed E-state index contributed by atoms with van der Waals surface area (Å²) < 4.78 is 10.7. The average molecular weight is 657 g/mol. The number of rotatable bonds is 9. The largest absolute Gasteiger partial charge is 0.445 e. The fraction of sp³-hybridized carbons (Fsp3) is 0.448. The molecule has 0 aromatic heterocycles. The lowest BCUT2D eigenvalue weighted by Crippen LogP contribution is -2.65. The SMILES string of the molecule is O=C(NC1CN(C(=O)[C@@H]2C[C@H](S)CN2C(=O)OCc2ccc([N+](=O)[O-])cc2)C1)[C@H]1CCCN1C(=O)OCc1ccc([N+](=O)[O-])cc1. The van der Waals surface area contributed by atoms with Gasteiger partial charge >= 0.3 is 12.2 Å². The highest BCUT2D eigenvalue weighted by molar-refractivity contribution is 7.81. The molecule has 3 saturated heterocycles. The van der Waals surface area contributed by atoms with Crippen molar-refractivity contribution in [3.05, 3.63) is 79.9 Å². The van der Waals surface area contributed by atoms with E-state index in [1.54, 1.807) is 4.90 Å². The number of nitro groups is 2. The van der Waals surface area contributed by atoms with Gasteiger partial charge in [0.2, 0.25) is 11.8 Å². The number of amides is 4. The van der Waals surface area contributed by atoms with Crippen molar-refractivity contribution in [3.8, 4) is 0 Å². The number of hydrogen-bond donors (Lipinski definition) is 2. The number of likely N-dealkylation sites (tertiary alicyclic amines) is 3. The molecule has 3 fully saturated rings. The van der Waals surface area contributed by atoms with Crippen LogP contribution in [0.2, 0.25) is 0 Å². The van der Waals surface area contributed by atoms with Gasteiger partial charge < -0.3 is 19.7 Å². The Morgan fingerprint density at radius 3 is 1.85 bits per heavy atom. The first-order chi connectivity index (χ1) is 22.0. The summed E-state index contributed by atoms with van der Waals surface area (Å²) in [5.74, 6) is -0.638. The first kappa shape index (κ1) is 32.5. The summed E-state index contributed by atoms with van der Waals surface area (Å²) >= 11 is 4.46. The molecule has 46 heavy (non-hydrogen) atoms. The first-order valence-electron chi connectivity index (χ1n) is 14.6. The van der Waals surface area contributed by atoms with Crippen molar-refractivity contribution in [1.29, 1.82) is 0 Å². The van der Waals surface area contributed by atoms with E-state index >= 15 is 0 Å². The van der Waals surface area contributed by atoms with Crippen molar-refractivity contribution in [3.63, 3.8) is 0 Å². The molecule has 0 aliphatic carbocycles. The predicted octanol–water partition coefficient (Wildman–Crippen LogP) is 2.64. The molecule has 4 amide bonds. The second-order valence-corrected chi connectivity index (χ2v) is 12.0. The smallest absolute Gasteiger partial charge is 0.410 e. The zero-order valence-corrected chi connectivity index (χ0v) is 25.5. The molecule has 2 aromatic carbocycles. The Kier molecular flexibility index (Phi) is 9.89. The van der Waals surface area contributed by atoms with Crippen molar-refractivity contribution < 1.29 is 38.5 Å². The molecule has 3 aliphatic heterocycles. The fourth-order valence-corrected chi connectivity index (χ4v) is 6.02. The van der Waals surface area contributed by atoms with E-state index in [-0.39, 0.29) is 67.3 Å². The molecule has 0 radical (unpaired) electrons. The van der Waals surface area contributed by atoms with Crippen LogP contribution in [0.5, 0.6) is 0 Å². The van der Waals surface area contributed by atoms with E-state index in [1.807, 2.05) is 0 Å². The first-order valence-corrected chi connectivity index (χ1v) is 15.1. The molecule has 244 valence electrons. The number of non-ortho nitro benzene ring substituents is 2. The highest BCUT2D eigenvalue weighted by Gasteiger charge is 2.45. The summed E-state index contributed by atoms with van der Waals surface area (Å²) in [4.78, 5) is 76.8. The monoisotopic (exact) mass is 656 g/mol. The summed E-state index contributed by atoms with van der Waals surface area (Å²) in [5.41, 5.74) is 0.972. The van der Waals surface area contributed by atoms with E-state index in [9.17, 15) is 39.4 Å². The van der Waals surface area contributed by atoms with E-state index < -0.39 is 34.1 Å². The Bertz CT molecular complexity index is 1500. The van der Waals surface area contributed by atoms with Crippen LogP contribution < -0.4 is 5.32 Å². The van der Waals surface area contributed by atoms with Crippen LogP contribution in [0, 0.1) is 20.2 Å². The van der Waals surface area contributed by atoms with Crippen LogP contribution in [-0.4, -0.2) is 98.1 Å². The predicted molar refractivity (Wildman–Crippen MR) is 163 cm³/mol. The van der Waals surface area contributed by atoms with Crippen LogP contribution >= 0.6 is 12.6 Å². The number of nitro benzene ring substituents is 2. The number of carbonyl (C=O) groups is 4. The maximum Gasteiger partial charge on any atom is 0.410 e. The Morgan fingerprint density at radius 1 is 0.804 bits per heavy atom. The minimum absolute atomic E-state index is 0.0755. The number of benzene rings is 2. The number of thiol groups is 1. The van der Waals surface area contributed by atoms with Crippen LogP contribution in [0.25, 0.3) is 0 Å². The zero-order valence-electron chi connectivity index (χ0n) is 24.6. The fourth-order valence-electron chi connectivity index (χ4n) is 5.65. The van der Waals surface area contributed by atoms with Crippen LogP contribution in [0.3, 0.4) is 0 Å². The number of nitrogens with one attached hydrogen (secondary N) is 1. The number of ether oxygens (including phenoxy) is 2. The molecular formula is C29H32N6O10S. The Balaban J connectivity index is 1.07. The van der Waals surface area contributed by atoms with E-state index in [2.05, 4.69) is 17.9 Å². The van der Waals surface area contributed by atoms with Crippen LogP contribution in [0.4, 0.5) is 21.0 Å². The summed E-state index contributed by atoms with van der Waals surface area (Å²) in [6.45, 7) is 0.811. The normalized spacial score (nSPS) is 21.0. The third kappa shape index (κ3) is 7.47. The van der Waals surface area contributed by atoms with Gasteiger partial charge in [0, 0.05) is 55.7 Å². The van der Waals surface area contributed by atoms with Gasteiger partial charge in [0.05, 0.1) is 15.9 Å². The molecule has 3 atom stereocenters. The van der Waals surface area contributed by atoms with Gasteiger partial charge in [-0.05, 0) is 54.7 Å². The Labute approximate surface area is 268 Å². The number of hydrogen-bond acceptors (Lipinski definition) is 11. The third-order valence-corrected chi connectivity index (χ3v) is 8.52. The van der Waals surface area contributed by atoms with Crippen molar-refractivity contribution in [2.45, 2.75) is 55.9 Å². The standard InChI is InChI=1S/C29H32N6O10S/c36-26(24-2-1-11-32(24)28(38)44-16-18-3-7-21(8-4-18)34(40)41)30-20-13-31(14-20)27(37)25-12-23(46)15-33(25)29(39)45-17-19-5-9-22(10-6-19)35(42)43/h3-10,20,23-25,46H,1-2,11-17H2,(H,30,36)/t23-,24+,25-/m0/s1. The van der Waals surface area contributed by atoms with Gasteiger partial charge in [-0.25, -0.2) is 9.59 Å². The molecule has 0 unspecified atom stereocenters. The molecule has 2 aromatic rings. The summed E-state index contributed by atoms with van der Waals surface area (Å²) in [7, 11) is 0. The maximum atomic E-state index is 13.3. The van der Waals surface area contributed by atoms with Gasteiger partial charge in [-0.15, -0.1) is 0 Å². The van der Waals surface area contributed by atoms with Crippen LogP contribution in [-0.2, 0) is 32.3 Å². The van der Waals surface area contributed by atoms with E-state index in [0.29, 0.717) is 36.9 Å². The molecule has 16 nitrogen and oxygen atoms in total. The minimum atomic E-state index is -0.778. The van der Waals surface area contributed by atoms with E-state index in [1.165, 1.54) is 58.3 Å². The van der Waals surface area contributed by atoms with Crippen molar-refractivity contribution in [2.24, 2.45) is 0 Å². The van der Waals surface area contributed by atoms with Gasteiger partial charge in [0.15, 0.2) is 0 Å². The number of nitrogens with zero attached hydrogens (tertiary/aromatic N) is 5. The van der Waals surface area contributed by atoms with Crippen LogP contribution in [0.1, 0.15) is 30.4 Å². The highest BCUT2D eigenvalue weighted by atomic mass is 32.1. The van der Waals surface area contributed by atoms with Gasteiger partial charge in [-0.1, -0.05) is 0 Å². The van der Waals surface area contributed by atoms with Gasteiger partial charge in [0.1, 0.15) is 25.3 Å². The lowest BCUT2D eigenvalue weighted by molar-refractivity contribution is -0.385. The summed E-state index contributed by atoms with van der Waals surface area (Å²) in [6.07, 6.45) is 0.0462. The summed E-state index contributed by atoms with van der Waals surface area (Å²) in [5, 5.41) is 24.3. The molecule has 1 N–H and O–H groups in total. The molecule has 5 rings (SSSR count). The molecule has 3 aliphatic rings. The van der Waals surface area contributed by atoms with Gasteiger partial charge in [-0.3, -0.25) is 39.6 Å². The Morgan fingerprint density at radius 2 is 1.33 bits per heavy atom. The van der Waals surface area contributed by atoms with Crippen molar-refractivity contribution in [1.82, 2.24) is 20.0 Å². The third-order valence-electron chi connectivity index (χ3n) is 8.15. The topological polar surface area (TPSA) is 195 Å². The second kappa shape index (κ2) is 14.0. The quantitative estimate of drug-likeness (QED) is 0.230. The molecule has 0 spiro atoms. The minimum Gasteiger partial charge on any atom is -0.445 e. The molecule has 0 saturated carbocycles. The average Bonchev–Trinajstić information content (AvgIpc) is 3.67. The van der Waals surface area contributed by atoms with Gasteiger partial charge in [0.25, 0.3) is 11.4 Å².